The molecule has 3 aromatic carbocycles. The van der Waals surface area contributed by atoms with Gasteiger partial charge in [-0.15, -0.1) is 0 Å². The van der Waals surface area contributed by atoms with Crippen LogP contribution >= 0.6 is 0 Å². The van der Waals surface area contributed by atoms with Crippen LogP contribution in [0.25, 0.3) is 11.1 Å². The van der Waals surface area contributed by atoms with Crippen LogP contribution in [0.2, 0.25) is 0 Å². The molecule has 1 fully saturated rings. The molecule has 2 heterocycles. The lowest BCUT2D eigenvalue weighted by Gasteiger charge is -2.41. The Bertz CT molecular complexity index is 1570. The number of aliphatic hydroxyl groups is 3. The lowest BCUT2D eigenvalue weighted by Crippen LogP contribution is -2.61. The van der Waals surface area contributed by atoms with Crippen molar-refractivity contribution in [2.24, 2.45) is 0 Å². The quantitative estimate of drug-likeness (QED) is 0.147. The molecule has 1 saturated heterocycles. The van der Waals surface area contributed by atoms with Crippen molar-refractivity contribution in [1.82, 2.24) is 0 Å². The third-order valence-electron chi connectivity index (χ3n) is 6.85. The SMILES string of the molecule is O=C1OCC2OC(Oc3ccccc3CO)C(O)C(O)C2OC(=O)c2cc(O)c(O)c(O)c2-c2c1cc(O)c(O)c2O. The van der Waals surface area contributed by atoms with Crippen molar-refractivity contribution in [2.75, 3.05) is 6.61 Å². The van der Waals surface area contributed by atoms with E-state index in [9.17, 15) is 55.5 Å². The molecule has 15 nitrogen and oxygen atoms in total. The molecule has 0 amide bonds. The standard InChI is InChI=1S/C27H24O15/c28-7-9-3-1-2-4-14(9)40-27-23(36)22(35)24-15(41-27)8-39-25(37)10-5-12(29)18(31)20(33)16(10)17-11(26(38)42-24)6-13(30)19(32)21(17)34/h1-6,15,22-24,27-36H,7-8H2. The fourth-order valence-corrected chi connectivity index (χ4v) is 4.70. The van der Waals surface area contributed by atoms with Crippen LogP contribution < -0.4 is 4.74 Å². The highest BCUT2D eigenvalue weighted by Crippen LogP contribution is 2.52. The molecular formula is C27H24O15. The van der Waals surface area contributed by atoms with Crippen molar-refractivity contribution in [2.45, 2.75) is 37.3 Å². The van der Waals surface area contributed by atoms with Gasteiger partial charge in [-0.05, 0) is 18.2 Å². The molecule has 0 bridgehead atoms. The maximum atomic E-state index is 13.4. The first-order valence-corrected chi connectivity index (χ1v) is 12.3. The molecule has 5 unspecified atom stereocenters. The number of para-hydroxylation sites is 1. The molecule has 5 rings (SSSR count). The Kier molecular flexibility index (Phi) is 7.34. The van der Waals surface area contributed by atoms with Gasteiger partial charge in [-0.1, -0.05) is 18.2 Å². The number of benzene rings is 3. The number of esters is 2. The molecule has 0 aliphatic carbocycles. The molecule has 5 atom stereocenters. The summed E-state index contributed by atoms with van der Waals surface area (Å²) in [6.45, 7) is -1.21. The minimum Gasteiger partial charge on any atom is -0.504 e. The lowest BCUT2D eigenvalue weighted by molar-refractivity contribution is -0.276. The molecule has 0 radical (unpaired) electrons. The number of carbonyl (C=O) groups excluding carboxylic acids is 2. The lowest BCUT2D eigenvalue weighted by atomic mass is 9.92. The van der Waals surface area contributed by atoms with Crippen LogP contribution in [0.15, 0.2) is 36.4 Å². The number of carbonyl (C=O) groups is 2. The average molecular weight is 588 g/mol. The molecule has 3 aromatic rings. The van der Waals surface area contributed by atoms with Crippen LogP contribution in [0, 0.1) is 0 Å². The third-order valence-corrected chi connectivity index (χ3v) is 6.85. The Morgan fingerprint density at radius 2 is 1.36 bits per heavy atom. The van der Waals surface area contributed by atoms with Crippen LogP contribution in [0.1, 0.15) is 26.3 Å². The second kappa shape index (κ2) is 10.8. The topological polar surface area (TPSA) is 253 Å². The van der Waals surface area contributed by atoms with Gasteiger partial charge in [0, 0.05) is 16.7 Å². The number of aromatic hydroxyl groups is 6. The molecule has 0 saturated carbocycles. The number of fused-ring (bicyclic) bond motifs is 4. The third kappa shape index (κ3) is 4.69. The summed E-state index contributed by atoms with van der Waals surface area (Å²) < 4.78 is 22.0. The minimum atomic E-state index is -1.94. The van der Waals surface area contributed by atoms with E-state index in [1.165, 1.54) is 12.1 Å². The fraction of sp³-hybridized carbons (Fsp3) is 0.259. The van der Waals surface area contributed by atoms with Gasteiger partial charge in [0.2, 0.25) is 17.8 Å². The van der Waals surface area contributed by atoms with Crippen LogP contribution in [0.5, 0.6) is 40.2 Å². The highest BCUT2D eigenvalue weighted by atomic mass is 16.7. The largest absolute Gasteiger partial charge is 0.504 e. The first kappa shape index (κ1) is 28.6. The van der Waals surface area contributed by atoms with Gasteiger partial charge >= 0.3 is 11.9 Å². The van der Waals surface area contributed by atoms with E-state index in [-0.39, 0.29) is 5.75 Å². The maximum Gasteiger partial charge on any atom is 0.339 e. The van der Waals surface area contributed by atoms with Crippen LogP contribution in [-0.4, -0.2) is 95.2 Å². The van der Waals surface area contributed by atoms with Crippen molar-refractivity contribution in [3.8, 4) is 51.4 Å². The average Bonchev–Trinajstić information content (AvgIpc) is 2.98. The number of cyclic esters (lactones) is 1. The van der Waals surface area contributed by atoms with E-state index in [4.69, 9.17) is 18.9 Å². The Balaban J connectivity index is 1.62. The van der Waals surface area contributed by atoms with E-state index >= 15 is 0 Å². The number of hydrogen-bond donors (Lipinski definition) is 9. The molecular weight excluding hydrogens is 564 g/mol. The first-order valence-electron chi connectivity index (χ1n) is 12.3. The molecule has 222 valence electrons. The number of ether oxygens (including phenoxy) is 4. The summed E-state index contributed by atoms with van der Waals surface area (Å²) in [4.78, 5) is 26.6. The van der Waals surface area contributed by atoms with Gasteiger partial charge < -0.3 is 64.9 Å². The zero-order chi connectivity index (χ0) is 30.5. The van der Waals surface area contributed by atoms with Crippen molar-refractivity contribution >= 4 is 11.9 Å². The van der Waals surface area contributed by atoms with Gasteiger partial charge in [-0.3, -0.25) is 0 Å². The number of phenolic OH excluding ortho intramolecular Hbond substituents is 6. The van der Waals surface area contributed by atoms with Crippen LogP contribution in [0.4, 0.5) is 0 Å². The summed E-state index contributed by atoms with van der Waals surface area (Å²) in [5, 5.41) is 93.2. The Morgan fingerprint density at radius 3 is 1.95 bits per heavy atom. The van der Waals surface area contributed by atoms with Gasteiger partial charge in [-0.25, -0.2) is 9.59 Å². The zero-order valence-corrected chi connectivity index (χ0v) is 21.2. The monoisotopic (exact) mass is 588 g/mol. The summed E-state index contributed by atoms with van der Waals surface area (Å²) in [6, 6.07) is 7.43. The molecule has 9 N–H and O–H groups in total. The molecule has 0 spiro atoms. The summed E-state index contributed by atoms with van der Waals surface area (Å²) in [5.41, 5.74) is -2.79. The minimum absolute atomic E-state index is 0.0831. The van der Waals surface area contributed by atoms with Gasteiger partial charge in [0.05, 0.1) is 17.7 Å². The smallest absolute Gasteiger partial charge is 0.339 e. The molecule has 42 heavy (non-hydrogen) atoms. The van der Waals surface area contributed by atoms with E-state index in [0.29, 0.717) is 17.7 Å². The zero-order valence-electron chi connectivity index (χ0n) is 21.2. The molecule has 15 heteroatoms. The van der Waals surface area contributed by atoms with Crippen molar-refractivity contribution in [3.63, 3.8) is 0 Å². The van der Waals surface area contributed by atoms with E-state index in [0.717, 1.165) is 0 Å². The summed E-state index contributed by atoms with van der Waals surface area (Å²) >= 11 is 0. The van der Waals surface area contributed by atoms with E-state index in [1.807, 2.05) is 0 Å². The van der Waals surface area contributed by atoms with Crippen LogP contribution in [-0.2, 0) is 20.8 Å². The molecule has 2 aliphatic rings. The highest BCUT2D eigenvalue weighted by molar-refractivity contribution is 6.08. The van der Waals surface area contributed by atoms with E-state index in [2.05, 4.69) is 0 Å². The van der Waals surface area contributed by atoms with Crippen molar-refractivity contribution in [3.05, 3.63) is 53.1 Å². The van der Waals surface area contributed by atoms with Gasteiger partial charge in [0.1, 0.15) is 30.7 Å². The fourth-order valence-electron chi connectivity index (χ4n) is 4.70. The summed E-state index contributed by atoms with van der Waals surface area (Å²) in [7, 11) is 0. The van der Waals surface area contributed by atoms with Gasteiger partial charge in [-0.2, -0.15) is 0 Å². The number of rotatable bonds is 3. The van der Waals surface area contributed by atoms with E-state index in [1.54, 1.807) is 12.1 Å². The first-order chi connectivity index (χ1) is 19.9. The van der Waals surface area contributed by atoms with Crippen LogP contribution in [0.3, 0.4) is 0 Å². The van der Waals surface area contributed by atoms with Gasteiger partial charge in [0.25, 0.3) is 0 Å². The second-order valence-electron chi connectivity index (χ2n) is 9.41. The normalized spacial score (nSPS) is 23.8. The highest BCUT2D eigenvalue weighted by Gasteiger charge is 2.49. The van der Waals surface area contributed by atoms with E-state index < -0.39 is 113 Å². The van der Waals surface area contributed by atoms with Crippen molar-refractivity contribution < 1.29 is 74.5 Å². The number of phenols is 6. The number of aliphatic hydroxyl groups excluding tert-OH is 3. The van der Waals surface area contributed by atoms with Gasteiger partial charge in [0.15, 0.2) is 29.1 Å². The molecule has 2 aliphatic heterocycles. The molecule has 0 aromatic heterocycles. The predicted molar refractivity (Wildman–Crippen MR) is 135 cm³/mol. The maximum absolute atomic E-state index is 13.4. The summed E-state index contributed by atoms with van der Waals surface area (Å²) in [6.07, 6.45) is -8.74. The van der Waals surface area contributed by atoms with Crippen molar-refractivity contribution in [1.29, 1.82) is 0 Å². The second-order valence-corrected chi connectivity index (χ2v) is 9.41. The predicted octanol–water partition coefficient (Wildman–Crippen LogP) is 0.301. The number of hydrogen-bond acceptors (Lipinski definition) is 15. The Labute approximate surface area is 235 Å². The Morgan fingerprint density at radius 1 is 0.786 bits per heavy atom. The Hall–Kier alpha value is -4.96. The summed E-state index contributed by atoms with van der Waals surface area (Å²) in [5.74, 6) is -9.46.